The average Bonchev–Trinajstić information content (AvgIpc) is 2.54. The summed E-state index contributed by atoms with van der Waals surface area (Å²) >= 11 is 0. The third kappa shape index (κ3) is 3.85. The predicted molar refractivity (Wildman–Crippen MR) is 97.0 cm³/mol. The van der Waals surface area contributed by atoms with Gasteiger partial charge in [0.15, 0.2) is 0 Å². The molecule has 0 amide bonds. The van der Waals surface area contributed by atoms with Crippen molar-refractivity contribution in [2.75, 3.05) is 0 Å². The van der Waals surface area contributed by atoms with Crippen LogP contribution in [0.3, 0.4) is 0 Å². The summed E-state index contributed by atoms with van der Waals surface area (Å²) in [6, 6.07) is 10.6. The summed E-state index contributed by atoms with van der Waals surface area (Å²) in [5.74, 6) is 1.82. The van der Waals surface area contributed by atoms with Crippen molar-refractivity contribution in [3.63, 3.8) is 0 Å². The number of benzene rings is 1. The maximum atomic E-state index is 6.25. The minimum Gasteiger partial charge on any atom is -0.490 e. The summed E-state index contributed by atoms with van der Waals surface area (Å²) < 4.78 is 6.25. The van der Waals surface area contributed by atoms with E-state index < -0.39 is 0 Å². The molecule has 0 aliphatic heterocycles. The molecule has 1 aromatic carbocycles. The highest BCUT2D eigenvalue weighted by molar-refractivity contribution is 5.80. The van der Waals surface area contributed by atoms with E-state index in [1.807, 2.05) is 0 Å². The van der Waals surface area contributed by atoms with Crippen LogP contribution in [0.25, 0.3) is 10.9 Å². The number of aromatic nitrogens is 1. The van der Waals surface area contributed by atoms with Gasteiger partial charge in [-0.3, -0.25) is 4.98 Å². The Bertz CT molecular complexity index is 663. The van der Waals surface area contributed by atoms with Crippen LogP contribution in [0.1, 0.15) is 59.1 Å². The quantitative estimate of drug-likeness (QED) is 0.716. The van der Waals surface area contributed by atoms with Crippen LogP contribution in [0.4, 0.5) is 0 Å². The standard InChI is InChI=1S/C21H29NO/c1-5-17-9-6-15-14-19(12-13-20(15)22-17)23-18-10-7-16(8-11-18)21(2,3)4/h6,9,12-14,16,18H,5,7-8,10-11H2,1-4H3. The summed E-state index contributed by atoms with van der Waals surface area (Å²) in [5.41, 5.74) is 2.64. The minimum atomic E-state index is 0.369. The molecule has 0 atom stereocenters. The molecule has 0 bridgehead atoms. The Kier molecular flexibility index (Phi) is 4.61. The van der Waals surface area contributed by atoms with E-state index in [1.165, 1.54) is 31.1 Å². The Morgan fingerprint density at radius 3 is 2.43 bits per heavy atom. The van der Waals surface area contributed by atoms with E-state index in [0.29, 0.717) is 11.5 Å². The van der Waals surface area contributed by atoms with Gasteiger partial charge in [0, 0.05) is 11.1 Å². The Morgan fingerprint density at radius 2 is 1.78 bits per heavy atom. The summed E-state index contributed by atoms with van der Waals surface area (Å²) in [6.45, 7) is 9.22. The van der Waals surface area contributed by atoms with Crippen molar-refractivity contribution < 1.29 is 4.74 Å². The van der Waals surface area contributed by atoms with Gasteiger partial charge < -0.3 is 4.74 Å². The fourth-order valence-corrected chi connectivity index (χ4v) is 3.66. The van der Waals surface area contributed by atoms with E-state index in [1.54, 1.807) is 0 Å². The van der Waals surface area contributed by atoms with Crippen LogP contribution in [0.5, 0.6) is 5.75 Å². The molecule has 0 unspecified atom stereocenters. The zero-order valence-corrected chi connectivity index (χ0v) is 14.9. The molecule has 1 aliphatic carbocycles. The number of hydrogen-bond donors (Lipinski definition) is 0. The van der Waals surface area contributed by atoms with E-state index in [2.05, 4.69) is 63.0 Å². The molecular weight excluding hydrogens is 282 g/mol. The highest BCUT2D eigenvalue weighted by atomic mass is 16.5. The van der Waals surface area contributed by atoms with Crippen molar-refractivity contribution in [2.24, 2.45) is 11.3 Å². The van der Waals surface area contributed by atoms with Crippen molar-refractivity contribution >= 4 is 10.9 Å². The molecule has 2 heteroatoms. The number of ether oxygens (including phenoxy) is 1. The van der Waals surface area contributed by atoms with Crippen LogP contribution in [0, 0.1) is 11.3 Å². The first kappa shape index (κ1) is 16.3. The minimum absolute atomic E-state index is 0.369. The number of fused-ring (bicyclic) bond motifs is 1. The SMILES string of the molecule is CCc1ccc2cc(OC3CCC(C(C)(C)C)CC3)ccc2n1. The number of nitrogens with zero attached hydrogens (tertiary/aromatic N) is 1. The molecule has 0 N–H and O–H groups in total. The molecule has 23 heavy (non-hydrogen) atoms. The molecule has 124 valence electrons. The first-order chi connectivity index (χ1) is 11.0. The Morgan fingerprint density at radius 1 is 1.04 bits per heavy atom. The molecule has 1 fully saturated rings. The van der Waals surface area contributed by atoms with Gasteiger partial charge in [-0.15, -0.1) is 0 Å². The summed E-state index contributed by atoms with van der Waals surface area (Å²) in [7, 11) is 0. The number of aryl methyl sites for hydroxylation is 1. The van der Waals surface area contributed by atoms with Gasteiger partial charge in [0.2, 0.25) is 0 Å². The lowest BCUT2D eigenvalue weighted by Gasteiger charge is -2.36. The smallest absolute Gasteiger partial charge is 0.120 e. The van der Waals surface area contributed by atoms with Crippen LogP contribution in [0.15, 0.2) is 30.3 Å². The van der Waals surface area contributed by atoms with Gasteiger partial charge in [0.1, 0.15) is 5.75 Å². The van der Waals surface area contributed by atoms with Crippen molar-refractivity contribution in [3.8, 4) is 5.75 Å². The second kappa shape index (κ2) is 6.51. The Balaban J connectivity index is 1.66. The van der Waals surface area contributed by atoms with Crippen molar-refractivity contribution in [1.82, 2.24) is 4.98 Å². The monoisotopic (exact) mass is 311 g/mol. The molecular formula is C21H29NO. The third-order valence-corrected chi connectivity index (χ3v) is 5.28. The molecule has 1 heterocycles. The molecule has 1 saturated carbocycles. The second-order valence-corrected chi connectivity index (χ2v) is 7.97. The molecule has 0 radical (unpaired) electrons. The lowest BCUT2D eigenvalue weighted by Crippen LogP contribution is -2.30. The normalized spacial score (nSPS) is 22.3. The molecule has 3 rings (SSSR count). The zero-order valence-electron chi connectivity index (χ0n) is 14.9. The van der Waals surface area contributed by atoms with Gasteiger partial charge in [-0.25, -0.2) is 0 Å². The highest BCUT2D eigenvalue weighted by Gasteiger charge is 2.30. The Hall–Kier alpha value is -1.57. The molecule has 2 nitrogen and oxygen atoms in total. The number of hydrogen-bond acceptors (Lipinski definition) is 2. The van der Waals surface area contributed by atoms with Crippen LogP contribution >= 0.6 is 0 Å². The van der Waals surface area contributed by atoms with Gasteiger partial charge in [-0.2, -0.15) is 0 Å². The zero-order chi connectivity index (χ0) is 16.4. The predicted octanol–water partition coefficient (Wildman–Crippen LogP) is 5.78. The lowest BCUT2D eigenvalue weighted by atomic mass is 9.72. The van der Waals surface area contributed by atoms with Gasteiger partial charge >= 0.3 is 0 Å². The van der Waals surface area contributed by atoms with Crippen LogP contribution < -0.4 is 4.74 Å². The van der Waals surface area contributed by atoms with Gasteiger partial charge in [0.05, 0.1) is 11.6 Å². The number of pyridine rings is 1. The fourth-order valence-electron chi connectivity index (χ4n) is 3.66. The number of rotatable bonds is 3. The second-order valence-electron chi connectivity index (χ2n) is 7.97. The first-order valence-corrected chi connectivity index (χ1v) is 9.02. The van der Waals surface area contributed by atoms with Gasteiger partial charge in [-0.1, -0.05) is 33.8 Å². The molecule has 1 aromatic heterocycles. The average molecular weight is 311 g/mol. The van der Waals surface area contributed by atoms with Gasteiger partial charge in [-0.05, 0) is 67.7 Å². The van der Waals surface area contributed by atoms with E-state index >= 15 is 0 Å². The summed E-state index contributed by atoms with van der Waals surface area (Å²) in [5, 5.41) is 1.17. The van der Waals surface area contributed by atoms with E-state index in [-0.39, 0.29) is 0 Å². The Labute approximate surface area is 140 Å². The molecule has 2 aromatic rings. The molecule has 1 aliphatic rings. The highest BCUT2D eigenvalue weighted by Crippen LogP contribution is 2.38. The lowest BCUT2D eigenvalue weighted by molar-refractivity contribution is 0.0883. The summed E-state index contributed by atoms with van der Waals surface area (Å²) in [6.07, 6.45) is 6.26. The largest absolute Gasteiger partial charge is 0.490 e. The first-order valence-electron chi connectivity index (χ1n) is 9.02. The maximum absolute atomic E-state index is 6.25. The van der Waals surface area contributed by atoms with E-state index in [0.717, 1.165) is 29.3 Å². The fraction of sp³-hybridized carbons (Fsp3) is 0.571. The van der Waals surface area contributed by atoms with Crippen LogP contribution in [-0.2, 0) is 6.42 Å². The van der Waals surface area contributed by atoms with Crippen LogP contribution in [-0.4, -0.2) is 11.1 Å². The van der Waals surface area contributed by atoms with E-state index in [4.69, 9.17) is 4.74 Å². The van der Waals surface area contributed by atoms with E-state index in [9.17, 15) is 0 Å². The van der Waals surface area contributed by atoms with Gasteiger partial charge in [0.25, 0.3) is 0 Å². The molecule has 0 spiro atoms. The maximum Gasteiger partial charge on any atom is 0.120 e. The third-order valence-electron chi connectivity index (χ3n) is 5.28. The van der Waals surface area contributed by atoms with Crippen molar-refractivity contribution in [3.05, 3.63) is 36.0 Å². The van der Waals surface area contributed by atoms with Crippen molar-refractivity contribution in [2.45, 2.75) is 65.9 Å². The van der Waals surface area contributed by atoms with Crippen LogP contribution in [0.2, 0.25) is 0 Å². The summed E-state index contributed by atoms with van der Waals surface area (Å²) in [4.78, 5) is 4.66. The molecule has 0 saturated heterocycles. The van der Waals surface area contributed by atoms with Crippen molar-refractivity contribution in [1.29, 1.82) is 0 Å². The topological polar surface area (TPSA) is 22.1 Å².